The lowest BCUT2D eigenvalue weighted by Crippen LogP contribution is -2.80. The molecule has 2 aromatic rings. The van der Waals surface area contributed by atoms with Gasteiger partial charge in [0.05, 0.1) is 17.1 Å². The number of hydrogen-bond donors (Lipinski definition) is 1. The largest absolute Gasteiger partial charge is 0.481 e. The highest BCUT2D eigenvalue weighted by atomic mass is 16.4. The second kappa shape index (κ2) is 5.77. The van der Waals surface area contributed by atoms with Crippen LogP contribution in [-0.2, 0) is 9.59 Å². The number of carbonyl (C=O) groups excluding carboxylic acids is 1. The number of nitrogens with zero attached hydrogens (tertiary/aromatic N) is 2. The lowest BCUT2D eigenvalue weighted by atomic mass is 9.47. The zero-order valence-electron chi connectivity index (χ0n) is 17.5. The van der Waals surface area contributed by atoms with Gasteiger partial charge in [0.1, 0.15) is 5.54 Å². The summed E-state index contributed by atoms with van der Waals surface area (Å²) in [4.78, 5) is 25.5. The summed E-state index contributed by atoms with van der Waals surface area (Å²) in [6.45, 7) is 4.00. The van der Waals surface area contributed by atoms with E-state index in [1.165, 1.54) is 5.39 Å². The predicted octanol–water partition coefficient (Wildman–Crippen LogP) is 4.46. The number of anilines is 1. The van der Waals surface area contributed by atoms with Crippen molar-refractivity contribution in [2.45, 2.75) is 57.5 Å². The van der Waals surface area contributed by atoms with Gasteiger partial charge >= 0.3 is 5.97 Å². The topological polar surface area (TPSA) is 60.9 Å². The predicted molar refractivity (Wildman–Crippen MR) is 115 cm³/mol. The third-order valence-electron chi connectivity index (χ3n) is 8.43. The molecule has 2 atom stereocenters. The number of hydrazine groups is 1. The van der Waals surface area contributed by atoms with E-state index >= 15 is 0 Å². The second-order valence-corrected chi connectivity index (χ2v) is 10.6. The monoisotopic (exact) mass is 404 g/mol. The summed E-state index contributed by atoms with van der Waals surface area (Å²) in [6, 6.07) is 14.7. The zero-order valence-corrected chi connectivity index (χ0v) is 17.5. The van der Waals surface area contributed by atoms with Crippen molar-refractivity contribution in [2.75, 3.05) is 5.01 Å². The van der Waals surface area contributed by atoms with Gasteiger partial charge < -0.3 is 5.11 Å². The summed E-state index contributed by atoms with van der Waals surface area (Å²) in [5, 5.41) is 16.5. The van der Waals surface area contributed by atoms with Crippen molar-refractivity contribution in [3.8, 4) is 0 Å². The Hall–Kier alpha value is -2.56. The van der Waals surface area contributed by atoms with Crippen LogP contribution in [0, 0.1) is 23.2 Å². The average Bonchev–Trinajstić information content (AvgIpc) is 2.71. The number of fused-ring (bicyclic) bond motifs is 1. The minimum absolute atomic E-state index is 0.119. The summed E-state index contributed by atoms with van der Waals surface area (Å²) >= 11 is 0. The molecule has 30 heavy (non-hydrogen) atoms. The van der Waals surface area contributed by atoms with Crippen molar-refractivity contribution >= 4 is 28.3 Å². The first kappa shape index (κ1) is 18.2. The van der Waals surface area contributed by atoms with E-state index in [0.717, 1.165) is 30.3 Å². The maximum atomic E-state index is 13.4. The molecule has 0 spiro atoms. The van der Waals surface area contributed by atoms with Crippen LogP contribution >= 0.6 is 0 Å². The molecule has 4 bridgehead atoms. The Morgan fingerprint density at radius 2 is 1.67 bits per heavy atom. The fraction of sp³-hybridized carbons (Fsp3) is 0.520. The Morgan fingerprint density at radius 1 is 1.00 bits per heavy atom. The summed E-state index contributed by atoms with van der Waals surface area (Å²) in [6.07, 6.45) is 4.38. The fourth-order valence-corrected chi connectivity index (χ4v) is 7.42. The third-order valence-corrected chi connectivity index (χ3v) is 8.43. The van der Waals surface area contributed by atoms with Gasteiger partial charge in [-0.05, 0) is 75.2 Å². The minimum Gasteiger partial charge on any atom is -0.481 e. The van der Waals surface area contributed by atoms with Crippen LogP contribution in [0.25, 0.3) is 10.8 Å². The molecule has 5 heteroatoms. The number of hydrogen-bond acceptors (Lipinski definition) is 3. The third kappa shape index (κ3) is 2.18. The van der Waals surface area contributed by atoms with Crippen LogP contribution in [0.3, 0.4) is 0 Å². The lowest BCUT2D eigenvalue weighted by Gasteiger charge is -2.67. The van der Waals surface area contributed by atoms with E-state index in [2.05, 4.69) is 35.3 Å². The van der Waals surface area contributed by atoms with Crippen LogP contribution in [-0.4, -0.2) is 33.6 Å². The Balaban J connectivity index is 1.42. The lowest BCUT2D eigenvalue weighted by molar-refractivity contribution is -0.187. The summed E-state index contributed by atoms with van der Waals surface area (Å²) in [5.74, 6) is 0.610. The van der Waals surface area contributed by atoms with Gasteiger partial charge in [-0.1, -0.05) is 36.4 Å². The molecule has 7 rings (SSSR count). The molecule has 1 heterocycles. The molecule has 5 fully saturated rings. The van der Waals surface area contributed by atoms with Crippen molar-refractivity contribution in [1.29, 1.82) is 0 Å². The summed E-state index contributed by atoms with van der Waals surface area (Å²) < 4.78 is 0. The first-order valence-electron chi connectivity index (χ1n) is 11.2. The Kier molecular flexibility index (Phi) is 3.51. The van der Waals surface area contributed by atoms with E-state index in [1.54, 1.807) is 0 Å². The Labute approximate surface area is 176 Å². The molecular weight excluding hydrogens is 376 g/mol. The number of rotatable bonds is 3. The van der Waals surface area contributed by atoms with Crippen molar-refractivity contribution in [3.63, 3.8) is 0 Å². The SMILES string of the molecule is CC1(C)C(=O)N([C@H]2C3CC4CC2C[C@](C(=O)O)(C4)C3)N1c1cccc2ccccc12. The van der Waals surface area contributed by atoms with E-state index in [4.69, 9.17) is 0 Å². The van der Waals surface area contributed by atoms with E-state index < -0.39 is 16.9 Å². The highest BCUT2D eigenvalue weighted by Gasteiger charge is 2.65. The quantitative estimate of drug-likeness (QED) is 0.820. The molecule has 1 amide bonds. The zero-order chi connectivity index (χ0) is 20.8. The number of amides is 1. The van der Waals surface area contributed by atoms with Gasteiger partial charge in [0.25, 0.3) is 5.91 Å². The molecule has 4 saturated carbocycles. The first-order chi connectivity index (χ1) is 14.3. The molecule has 156 valence electrons. The smallest absolute Gasteiger partial charge is 0.309 e. The molecule has 1 aliphatic heterocycles. The van der Waals surface area contributed by atoms with Gasteiger partial charge in [-0.2, -0.15) is 0 Å². The Bertz CT molecular complexity index is 1060. The molecule has 0 aromatic heterocycles. The van der Waals surface area contributed by atoms with E-state index in [0.29, 0.717) is 18.8 Å². The van der Waals surface area contributed by atoms with Gasteiger partial charge in [0.15, 0.2) is 0 Å². The maximum absolute atomic E-state index is 13.4. The number of carbonyl (C=O) groups is 2. The highest BCUT2D eigenvalue weighted by molar-refractivity contribution is 6.03. The fourth-order valence-electron chi connectivity index (χ4n) is 7.42. The molecule has 4 aliphatic carbocycles. The van der Waals surface area contributed by atoms with Crippen LogP contribution in [0.5, 0.6) is 0 Å². The average molecular weight is 405 g/mol. The van der Waals surface area contributed by atoms with E-state index in [-0.39, 0.29) is 23.8 Å². The summed E-state index contributed by atoms with van der Waals surface area (Å²) in [5.41, 5.74) is -0.0799. The molecular formula is C25H28N2O3. The molecule has 2 aromatic carbocycles. The van der Waals surface area contributed by atoms with Crippen LogP contribution in [0.15, 0.2) is 42.5 Å². The molecule has 5 nitrogen and oxygen atoms in total. The van der Waals surface area contributed by atoms with Crippen LogP contribution in [0.1, 0.15) is 46.0 Å². The minimum atomic E-state index is -0.624. The second-order valence-electron chi connectivity index (χ2n) is 10.6. The van der Waals surface area contributed by atoms with Gasteiger partial charge in [0.2, 0.25) is 0 Å². The van der Waals surface area contributed by atoms with Crippen molar-refractivity contribution < 1.29 is 14.7 Å². The van der Waals surface area contributed by atoms with Gasteiger partial charge in [-0.15, -0.1) is 0 Å². The standard InChI is InChI=1S/C25H28N2O3/c1-24(2)22(28)26(27(24)20-9-5-7-16-6-3-4-8-19(16)20)21-17-10-15-11-18(21)14-25(12-15,13-17)23(29)30/h3-9,15,17-18,21H,10-14H2,1-2H3,(H,29,30)/t15?,17?,18?,21-,25-. The van der Waals surface area contributed by atoms with Gasteiger partial charge in [-0.25, -0.2) is 5.01 Å². The van der Waals surface area contributed by atoms with Crippen molar-refractivity contribution in [2.24, 2.45) is 23.2 Å². The molecule has 0 radical (unpaired) electrons. The first-order valence-corrected chi connectivity index (χ1v) is 11.2. The normalized spacial score (nSPS) is 36.3. The molecule has 1 saturated heterocycles. The molecule has 1 N–H and O–H groups in total. The van der Waals surface area contributed by atoms with Gasteiger partial charge in [-0.3, -0.25) is 14.6 Å². The molecule has 2 unspecified atom stereocenters. The van der Waals surface area contributed by atoms with Crippen LogP contribution < -0.4 is 5.01 Å². The van der Waals surface area contributed by atoms with Crippen molar-refractivity contribution in [3.05, 3.63) is 42.5 Å². The van der Waals surface area contributed by atoms with Crippen molar-refractivity contribution in [1.82, 2.24) is 5.01 Å². The van der Waals surface area contributed by atoms with E-state index in [1.807, 2.05) is 31.0 Å². The number of carboxylic acids is 1. The highest BCUT2D eigenvalue weighted by Crippen LogP contribution is 2.62. The number of aliphatic carboxylic acids is 1. The number of carboxylic acid groups (broad SMARTS) is 1. The summed E-state index contributed by atoms with van der Waals surface area (Å²) in [7, 11) is 0. The Morgan fingerprint density at radius 3 is 2.37 bits per heavy atom. The van der Waals surface area contributed by atoms with Gasteiger partial charge in [0, 0.05) is 5.39 Å². The maximum Gasteiger partial charge on any atom is 0.309 e. The van der Waals surface area contributed by atoms with Crippen LogP contribution in [0.4, 0.5) is 5.69 Å². The molecule has 5 aliphatic rings. The number of benzene rings is 2. The van der Waals surface area contributed by atoms with Crippen LogP contribution in [0.2, 0.25) is 0 Å². The van der Waals surface area contributed by atoms with E-state index in [9.17, 15) is 14.7 Å².